The highest BCUT2D eigenvalue weighted by molar-refractivity contribution is 7.98. The zero-order chi connectivity index (χ0) is 42.9. The number of carbonyl (C=O) groups is 2. The molecule has 0 unspecified atom stereocenters. The topological polar surface area (TPSA) is 111 Å². The van der Waals surface area contributed by atoms with Crippen LogP contribution < -0.4 is 20.5 Å². The summed E-state index contributed by atoms with van der Waals surface area (Å²) >= 11 is 14.1. The first-order chi connectivity index (χ1) is 28.3. The zero-order valence-electron chi connectivity index (χ0n) is 31.6. The van der Waals surface area contributed by atoms with Gasteiger partial charge in [-0.25, -0.2) is 22.4 Å². The van der Waals surface area contributed by atoms with Crippen LogP contribution >= 0.6 is 46.7 Å². The summed E-state index contributed by atoms with van der Waals surface area (Å²) in [6.07, 6.45) is 0. The molecule has 0 aliphatic carbocycles. The number of hydrogen-bond acceptors (Lipinski definition) is 7. The average molecular weight is 902 g/mol. The number of halogens is 6. The molecule has 316 valence electrons. The Hall–Kier alpha value is -5.34. The Kier molecular flexibility index (Phi) is 20.2. The number of carboxylic acid groups (broad SMARTS) is 1. The fraction of sp³-hybridized carbons (Fsp3) is 0.156. The van der Waals surface area contributed by atoms with E-state index in [9.17, 15) is 27.2 Å². The van der Waals surface area contributed by atoms with Crippen LogP contribution in [0.4, 0.5) is 28.9 Å². The smallest absolute Gasteiger partial charge is 0.335 e. The van der Waals surface area contributed by atoms with E-state index in [1.807, 2.05) is 48.5 Å². The maximum atomic E-state index is 13.3. The van der Waals surface area contributed by atoms with Crippen LogP contribution in [0.1, 0.15) is 50.4 Å². The first-order valence-electron chi connectivity index (χ1n) is 17.4. The first kappa shape index (κ1) is 49.0. The van der Waals surface area contributed by atoms with Crippen molar-refractivity contribution >= 4 is 70.0 Å². The Bertz CT molecular complexity index is 2340. The third-order valence-electron chi connectivity index (χ3n) is 8.00. The van der Waals surface area contributed by atoms with Crippen LogP contribution in [-0.2, 0) is 24.9 Å². The molecule has 0 aromatic heterocycles. The number of hydrogen-bond donors (Lipinski definition) is 3. The lowest BCUT2D eigenvalue weighted by Crippen LogP contribution is -2.12. The van der Waals surface area contributed by atoms with Crippen molar-refractivity contribution in [3.8, 4) is 11.5 Å². The van der Waals surface area contributed by atoms with Crippen LogP contribution in [0.25, 0.3) is 0 Å². The van der Waals surface area contributed by atoms with E-state index >= 15 is 0 Å². The summed E-state index contributed by atoms with van der Waals surface area (Å²) in [7, 11) is 3.22. The number of thioether (sulfide) groups is 2. The van der Waals surface area contributed by atoms with Crippen LogP contribution in [0, 0.1) is 11.6 Å². The number of anilines is 2. The Morgan fingerprint density at radius 1 is 0.633 bits per heavy atom. The molecule has 15 heteroatoms. The van der Waals surface area contributed by atoms with Gasteiger partial charge in [0.05, 0.1) is 29.8 Å². The van der Waals surface area contributed by atoms with Gasteiger partial charge in [-0.2, -0.15) is 0 Å². The van der Waals surface area contributed by atoms with Crippen LogP contribution in [0.3, 0.4) is 0 Å². The average Bonchev–Trinajstić information content (AvgIpc) is 3.25. The minimum absolute atomic E-state index is 0. The van der Waals surface area contributed by atoms with Crippen molar-refractivity contribution in [3.05, 3.63) is 176 Å². The number of ether oxygens (including phenoxy) is 2. The Morgan fingerprint density at radius 3 is 1.50 bits per heavy atom. The molecule has 0 radical (unpaired) electrons. The number of nitrogen functional groups attached to an aromatic ring is 1. The van der Waals surface area contributed by atoms with E-state index < -0.39 is 36.9 Å². The number of benzene rings is 6. The van der Waals surface area contributed by atoms with Gasteiger partial charge >= 0.3 is 5.97 Å². The molecular weight excluding hydrogens is 860 g/mol. The van der Waals surface area contributed by atoms with Crippen molar-refractivity contribution < 1.29 is 41.7 Å². The maximum Gasteiger partial charge on any atom is 0.335 e. The highest BCUT2D eigenvalue weighted by atomic mass is 35.5. The summed E-state index contributed by atoms with van der Waals surface area (Å²) in [5.41, 5.74) is 9.50. The predicted octanol–water partition coefficient (Wildman–Crippen LogP) is 13.4. The molecule has 0 spiro atoms. The predicted molar refractivity (Wildman–Crippen MR) is 236 cm³/mol. The van der Waals surface area contributed by atoms with E-state index in [0.29, 0.717) is 39.6 Å². The van der Waals surface area contributed by atoms with Crippen molar-refractivity contribution in [2.24, 2.45) is 0 Å². The number of aromatic carboxylic acids is 1. The minimum Gasteiger partial charge on any atom is -0.497 e. The van der Waals surface area contributed by atoms with E-state index in [4.69, 9.17) is 43.5 Å². The normalized spacial score (nSPS) is 10.2. The van der Waals surface area contributed by atoms with E-state index in [-0.39, 0.29) is 23.0 Å². The second-order valence-corrected chi connectivity index (χ2v) is 15.2. The van der Waals surface area contributed by atoms with Gasteiger partial charge in [0, 0.05) is 38.2 Å². The number of rotatable bonds is 13. The van der Waals surface area contributed by atoms with Crippen molar-refractivity contribution in [1.29, 1.82) is 0 Å². The number of nitrogens with one attached hydrogen (secondary N) is 1. The van der Waals surface area contributed by atoms with Crippen molar-refractivity contribution in [3.63, 3.8) is 0 Å². The minimum atomic E-state index is -1.04. The second kappa shape index (κ2) is 24.7. The SMILES string of the molecule is C.COc1ccc(CSc2cc(CF)cc(C(=O)Nc3ccc(F)c(Cl)c3)c2)cc1.COc1ccc(CSc2cc(CF)cc(C(=O)O)c2)cc1.Nc1ccc(F)c(Cl)c1. The van der Waals surface area contributed by atoms with Gasteiger partial charge in [0.15, 0.2) is 0 Å². The molecule has 4 N–H and O–H groups in total. The zero-order valence-corrected chi connectivity index (χ0v) is 34.8. The highest BCUT2D eigenvalue weighted by Crippen LogP contribution is 2.29. The summed E-state index contributed by atoms with van der Waals surface area (Å²) < 4.78 is 61.9. The largest absolute Gasteiger partial charge is 0.497 e. The molecule has 60 heavy (non-hydrogen) atoms. The Balaban J connectivity index is 0.000000270. The molecule has 6 rings (SSSR count). The molecule has 6 aromatic rings. The third-order valence-corrected chi connectivity index (χ3v) is 10.7. The number of alkyl halides is 2. The van der Waals surface area contributed by atoms with Crippen LogP contribution in [-0.4, -0.2) is 31.2 Å². The van der Waals surface area contributed by atoms with Gasteiger partial charge in [0.1, 0.15) is 36.5 Å². The summed E-state index contributed by atoms with van der Waals surface area (Å²) in [6.45, 7) is -1.35. The lowest BCUT2D eigenvalue weighted by atomic mass is 10.1. The molecule has 0 fully saturated rings. The maximum absolute atomic E-state index is 13.3. The van der Waals surface area contributed by atoms with Gasteiger partial charge in [0.2, 0.25) is 0 Å². The fourth-order valence-corrected chi connectivity index (χ4v) is 7.27. The van der Waals surface area contributed by atoms with Crippen molar-refractivity contribution in [1.82, 2.24) is 0 Å². The van der Waals surface area contributed by atoms with Crippen LogP contribution in [0.15, 0.2) is 131 Å². The molecule has 0 aliphatic rings. The van der Waals surface area contributed by atoms with Gasteiger partial charge < -0.3 is 25.6 Å². The molecule has 0 atom stereocenters. The monoisotopic (exact) mass is 900 g/mol. The second-order valence-electron chi connectivity index (χ2n) is 12.3. The van der Waals surface area contributed by atoms with Gasteiger partial charge in [-0.3, -0.25) is 4.79 Å². The fourth-order valence-electron chi connectivity index (χ4n) is 4.96. The standard InChI is InChI=1S/C22H18ClF2NO2S.C16H15FO3S.C6H5ClFN.CH4/c1-28-18-5-2-14(3-6-18)13-29-19-9-15(12-24)8-16(10-19)22(27)26-17-4-7-21(25)20(23)11-17;1-20-14-4-2-11(3-5-14)10-21-15-7-12(9-17)6-13(8-15)16(18)19;7-5-3-4(9)1-2-6(5)8;/h2-11H,12-13H2,1H3,(H,26,27);2-8H,9-10H2,1H3,(H,18,19);1-3H,9H2;1H4. The van der Waals surface area contributed by atoms with E-state index in [0.717, 1.165) is 32.4 Å². The molecule has 0 aliphatic heterocycles. The summed E-state index contributed by atoms with van der Waals surface area (Å²) in [5, 5.41) is 11.7. The molecule has 0 saturated heterocycles. The van der Waals surface area contributed by atoms with Gasteiger partial charge in [-0.1, -0.05) is 54.9 Å². The molecule has 0 saturated carbocycles. The van der Waals surface area contributed by atoms with Crippen LogP contribution in [0.5, 0.6) is 11.5 Å². The third kappa shape index (κ3) is 15.7. The van der Waals surface area contributed by atoms with E-state index in [1.54, 1.807) is 38.5 Å². The first-order valence-corrected chi connectivity index (χ1v) is 20.1. The number of carboxylic acids is 1. The number of nitrogens with two attached hydrogens (primary N) is 1. The molecular formula is C45H42Cl2F4N2O5S2. The summed E-state index contributed by atoms with van der Waals surface area (Å²) in [6, 6.07) is 32.8. The van der Waals surface area contributed by atoms with Gasteiger partial charge in [-0.15, -0.1) is 23.5 Å². The molecule has 0 heterocycles. The van der Waals surface area contributed by atoms with Crippen molar-refractivity contribution in [2.75, 3.05) is 25.3 Å². The summed E-state index contributed by atoms with van der Waals surface area (Å²) in [4.78, 5) is 25.1. The molecule has 6 aromatic carbocycles. The molecule has 7 nitrogen and oxygen atoms in total. The molecule has 0 bridgehead atoms. The van der Waals surface area contributed by atoms with Gasteiger partial charge in [-0.05, 0) is 119 Å². The lowest BCUT2D eigenvalue weighted by Gasteiger charge is -2.10. The van der Waals surface area contributed by atoms with Gasteiger partial charge in [0.25, 0.3) is 5.91 Å². The van der Waals surface area contributed by atoms with Crippen molar-refractivity contribution in [2.45, 2.75) is 42.1 Å². The van der Waals surface area contributed by atoms with E-state index in [2.05, 4.69) is 5.32 Å². The summed E-state index contributed by atoms with van der Waals surface area (Å²) in [5.74, 6) is 0.431. The Labute approximate surface area is 365 Å². The van der Waals surface area contributed by atoms with Crippen LogP contribution in [0.2, 0.25) is 10.0 Å². The Morgan fingerprint density at radius 2 is 1.08 bits per heavy atom. The quantitative estimate of drug-likeness (QED) is 0.0597. The highest BCUT2D eigenvalue weighted by Gasteiger charge is 2.12. The number of amides is 1. The number of methoxy groups -OCH3 is 2. The number of carbonyl (C=O) groups excluding carboxylic acids is 1. The van der Waals surface area contributed by atoms with E-state index in [1.165, 1.54) is 72.1 Å². The molecule has 1 amide bonds. The lowest BCUT2D eigenvalue weighted by molar-refractivity contribution is 0.0696.